The second-order valence-corrected chi connectivity index (χ2v) is 8.95. The lowest BCUT2D eigenvalue weighted by Crippen LogP contribution is -2.36. The highest BCUT2D eigenvalue weighted by Crippen LogP contribution is 2.22. The number of rotatable bonds is 6. The first-order valence-electron chi connectivity index (χ1n) is 9.17. The minimum Gasteiger partial charge on any atom is -0.497 e. The molecule has 29 heavy (non-hydrogen) atoms. The zero-order valence-corrected chi connectivity index (χ0v) is 17.4. The normalized spacial score (nSPS) is 12.4. The van der Waals surface area contributed by atoms with E-state index in [9.17, 15) is 13.2 Å². The number of ether oxygens (including phenoxy) is 1. The summed E-state index contributed by atoms with van der Waals surface area (Å²) in [4.78, 5) is 12.5. The first kappa shape index (κ1) is 20.7. The summed E-state index contributed by atoms with van der Waals surface area (Å²) in [7, 11) is -1.60. The molecule has 3 rings (SSSR count). The zero-order valence-electron chi connectivity index (χ0n) is 16.6. The lowest BCUT2D eigenvalue weighted by atomic mass is 10.1. The number of nitrogens with one attached hydrogen (secondary N) is 2. The van der Waals surface area contributed by atoms with Gasteiger partial charge < -0.3 is 15.4 Å². The van der Waals surface area contributed by atoms with Crippen LogP contribution in [-0.4, -0.2) is 27.8 Å². The third-order valence-electron chi connectivity index (χ3n) is 4.72. The molecule has 152 valence electrons. The summed E-state index contributed by atoms with van der Waals surface area (Å²) in [5, 5.41) is 7.86. The third kappa shape index (κ3) is 5.26. The van der Waals surface area contributed by atoms with Gasteiger partial charge in [0.15, 0.2) is 9.84 Å². The van der Waals surface area contributed by atoms with E-state index >= 15 is 0 Å². The highest BCUT2D eigenvalue weighted by Gasteiger charge is 2.12. The molecule has 2 N–H and O–H groups in total. The Morgan fingerprint density at radius 1 is 1.00 bits per heavy atom. The van der Waals surface area contributed by atoms with Crippen LogP contribution in [0.4, 0.5) is 4.79 Å². The van der Waals surface area contributed by atoms with Gasteiger partial charge in [-0.25, -0.2) is 13.2 Å². The monoisotopic (exact) mass is 412 g/mol. The average Bonchev–Trinajstić information content (AvgIpc) is 2.71. The van der Waals surface area contributed by atoms with Gasteiger partial charge in [0, 0.05) is 12.8 Å². The van der Waals surface area contributed by atoms with E-state index in [0.717, 1.165) is 27.6 Å². The van der Waals surface area contributed by atoms with E-state index in [1.165, 1.54) is 6.26 Å². The first-order chi connectivity index (χ1) is 13.8. The maximum absolute atomic E-state index is 12.2. The van der Waals surface area contributed by atoms with E-state index < -0.39 is 9.84 Å². The number of carbonyl (C=O) groups excluding carboxylic acids is 1. The molecule has 0 unspecified atom stereocenters. The van der Waals surface area contributed by atoms with Crippen molar-refractivity contribution in [1.29, 1.82) is 0 Å². The molecule has 7 heteroatoms. The Morgan fingerprint density at radius 2 is 1.66 bits per heavy atom. The maximum Gasteiger partial charge on any atom is 0.315 e. The van der Waals surface area contributed by atoms with Crippen LogP contribution in [0.1, 0.15) is 24.1 Å². The Bertz CT molecular complexity index is 1130. The molecule has 6 nitrogen and oxygen atoms in total. The van der Waals surface area contributed by atoms with E-state index in [-0.39, 0.29) is 17.0 Å². The van der Waals surface area contributed by atoms with Gasteiger partial charge in [-0.1, -0.05) is 30.3 Å². The largest absolute Gasteiger partial charge is 0.497 e. The summed E-state index contributed by atoms with van der Waals surface area (Å²) in [6.07, 6.45) is 1.17. The molecule has 0 saturated heterocycles. The fourth-order valence-electron chi connectivity index (χ4n) is 3.03. The number of hydrogen-bond acceptors (Lipinski definition) is 4. The van der Waals surface area contributed by atoms with Gasteiger partial charge in [-0.15, -0.1) is 0 Å². The first-order valence-corrected chi connectivity index (χ1v) is 11.1. The number of urea groups is 1. The molecule has 0 saturated carbocycles. The van der Waals surface area contributed by atoms with Gasteiger partial charge in [0.2, 0.25) is 0 Å². The Labute approximate surface area is 170 Å². The molecule has 0 aliphatic heterocycles. The van der Waals surface area contributed by atoms with Gasteiger partial charge in [-0.05, 0) is 59.2 Å². The quantitative estimate of drug-likeness (QED) is 0.645. The molecule has 0 aliphatic carbocycles. The lowest BCUT2D eigenvalue weighted by molar-refractivity contribution is 0.237. The second kappa shape index (κ2) is 8.53. The lowest BCUT2D eigenvalue weighted by Gasteiger charge is -2.15. The molecule has 0 fully saturated rings. The minimum atomic E-state index is -3.23. The summed E-state index contributed by atoms with van der Waals surface area (Å²) in [5.41, 5.74) is 1.81. The van der Waals surface area contributed by atoms with Gasteiger partial charge in [0.25, 0.3) is 0 Å². The van der Waals surface area contributed by atoms with E-state index in [0.29, 0.717) is 6.54 Å². The standard InChI is InChI=1S/C22H24N2O4S/c1-15(17-7-10-21(11-8-17)29(3,26)27)24-22(25)23-14-16-4-5-19-13-20(28-2)9-6-18(19)12-16/h4-13,15H,14H2,1-3H3,(H2,23,24,25)/t15-/m1/s1. The third-order valence-corrected chi connectivity index (χ3v) is 5.85. The smallest absolute Gasteiger partial charge is 0.315 e. The molecular formula is C22H24N2O4S. The number of benzene rings is 3. The number of fused-ring (bicyclic) bond motifs is 1. The van der Waals surface area contributed by atoms with Crippen LogP contribution in [0.15, 0.2) is 65.6 Å². The van der Waals surface area contributed by atoms with Crippen LogP contribution in [0.25, 0.3) is 10.8 Å². The van der Waals surface area contributed by atoms with Crippen molar-refractivity contribution in [1.82, 2.24) is 10.6 Å². The zero-order chi connectivity index (χ0) is 21.0. The summed E-state index contributed by atoms with van der Waals surface area (Å²) >= 11 is 0. The van der Waals surface area contributed by atoms with E-state index in [1.807, 2.05) is 43.3 Å². The van der Waals surface area contributed by atoms with Crippen molar-refractivity contribution < 1.29 is 17.9 Å². The van der Waals surface area contributed by atoms with Crippen molar-refractivity contribution in [3.8, 4) is 5.75 Å². The number of sulfone groups is 1. The van der Waals surface area contributed by atoms with Crippen LogP contribution in [0, 0.1) is 0 Å². The molecule has 0 radical (unpaired) electrons. The summed E-state index contributed by atoms with van der Waals surface area (Å²) < 4.78 is 28.3. The van der Waals surface area contributed by atoms with Crippen molar-refractivity contribution in [2.75, 3.05) is 13.4 Å². The molecular weight excluding hydrogens is 388 g/mol. The Morgan fingerprint density at radius 3 is 2.31 bits per heavy atom. The Hall–Kier alpha value is -3.06. The fourth-order valence-corrected chi connectivity index (χ4v) is 3.66. The van der Waals surface area contributed by atoms with Gasteiger partial charge in [-0.3, -0.25) is 0 Å². The van der Waals surface area contributed by atoms with Crippen molar-refractivity contribution in [2.45, 2.75) is 24.4 Å². The number of amides is 2. The van der Waals surface area contributed by atoms with E-state index in [1.54, 1.807) is 31.4 Å². The maximum atomic E-state index is 12.2. The van der Waals surface area contributed by atoms with Crippen LogP contribution < -0.4 is 15.4 Å². The summed E-state index contributed by atoms with van der Waals surface area (Å²) in [6.45, 7) is 2.24. The van der Waals surface area contributed by atoms with Gasteiger partial charge >= 0.3 is 6.03 Å². The molecule has 1 atom stereocenters. The SMILES string of the molecule is COc1ccc2cc(CNC(=O)N[C@H](C)c3ccc(S(C)(=O)=O)cc3)ccc2c1. The summed E-state index contributed by atoms with van der Waals surface area (Å²) in [5.74, 6) is 0.807. The van der Waals surface area contributed by atoms with Crippen molar-refractivity contribution in [3.63, 3.8) is 0 Å². The topological polar surface area (TPSA) is 84.5 Å². The molecule has 3 aromatic rings. The van der Waals surface area contributed by atoms with Crippen LogP contribution in [0.2, 0.25) is 0 Å². The highest BCUT2D eigenvalue weighted by atomic mass is 32.2. The Balaban J connectivity index is 1.58. The Kier molecular flexibility index (Phi) is 6.08. The molecule has 3 aromatic carbocycles. The minimum absolute atomic E-state index is 0.256. The van der Waals surface area contributed by atoms with Crippen LogP contribution in [-0.2, 0) is 16.4 Å². The fraction of sp³-hybridized carbons (Fsp3) is 0.227. The summed E-state index contributed by atoms with van der Waals surface area (Å²) in [6, 6.07) is 17.8. The molecule has 0 bridgehead atoms. The van der Waals surface area contributed by atoms with Crippen LogP contribution in [0.5, 0.6) is 5.75 Å². The molecule has 2 amide bonds. The predicted octanol–water partition coefficient (Wildman–Crippen LogP) is 3.81. The molecule has 0 heterocycles. The van der Waals surface area contributed by atoms with Crippen molar-refractivity contribution in [2.24, 2.45) is 0 Å². The predicted molar refractivity (Wildman–Crippen MR) is 114 cm³/mol. The van der Waals surface area contributed by atoms with Crippen molar-refractivity contribution >= 4 is 26.6 Å². The van der Waals surface area contributed by atoms with Gasteiger partial charge in [0.1, 0.15) is 5.75 Å². The van der Waals surface area contributed by atoms with E-state index in [2.05, 4.69) is 10.6 Å². The van der Waals surface area contributed by atoms with Gasteiger partial charge in [-0.2, -0.15) is 0 Å². The highest BCUT2D eigenvalue weighted by molar-refractivity contribution is 7.90. The van der Waals surface area contributed by atoms with Crippen LogP contribution >= 0.6 is 0 Å². The molecule has 0 spiro atoms. The number of methoxy groups -OCH3 is 1. The number of carbonyl (C=O) groups is 1. The molecule has 0 aliphatic rings. The van der Waals surface area contributed by atoms with Crippen molar-refractivity contribution in [3.05, 3.63) is 71.8 Å². The van der Waals surface area contributed by atoms with E-state index in [4.69, 9.17) is 4.74 Å². The van der Waals surface area contributed by atoms with Gasteiger partial charge in [0.05, 0.1) is 18.0 Å². The average molecular weight is 413 g/mol. The molecule has 0 aromatic heterocycles. The number of hydrogen-bond donors (Lipinski definition) is 2. The second-order valence-electron chi connectivity index (χ2n) is 6.94. The van der Waals surface area contributed by atoms with Crippen LogP contribution in [0.3, 0.4) is 0 Å².